The molecule has 2 heterocycles. The first-order valence-electron chi connectivity index (χ1n) is 7.02. The van der Waals surface area contributed by atoms with Crippen molar-refractivity contribution in [3.8, 4) is 0 Å². The highest BCUT2D eigenvalue weighted by molar-refractivity contribution is 6.31. The normalized spacial score (nSPS) is 21.4. The van der Waals surface area contributed by atoms with E-state index in [1.165, 1.54) is 0 Å². The van der Waals surface area contributed by atoms with Gasteiger partial charge in [0.1, 0.15) is 0 Å². The summed E-state index contributed by atoms with van der Waals surface area (Å²) in [4.78, 5) is 14.5. The van der Waals surface area contributed by atoms with Gasteiger partial charge in [-0.2, -0.15) is 0 Å². The van der Waals surface area contributed by atoms with Crippen molar-refractivity contribution in [1.82, 2.24) is 4.90 Å². The van der Waals surface area contributed by atoms with E-state index in [1.54, 1.807) is 0 Å². The molecule has 1 amide bonds. The van der Waals surface area contributed by atoms with Crippen LogP contribution in [0.5, 0.6) is 0 Å². The highest BCUT2D eigenvalue weighted by Gasteiger charge is 2.39. The van der Waals surface area contributed by atoms with E-state index in [0.717, 1.165) is 22.6 Å². The molecule has 2 N–H and O–H groups in total. The molecule has 108 valence electrons. The summed E-state index contributed by atoms with van der Waals surface area (Å²) in [6.45, 7) is 2.43. The monoisotopic (exact) mass is 294 g/mol. The maximum atomic E-state index is 12.7. The average Bonchev–Trinajstić information content (AvgIpc) is 2.47. The van der Waals surface area contributed by atoms with Crippen molar-refractivity contribution < 1.29 is 9.53 Å². The molecule has 1 aromatic rings. The van der Waals surface area contributed by atoms with Crippen LogP contribution >= 0.6 is 11.6 Å². The number of hydrogen-bond acceptors (Lipinski definition) is 3. The predicted molar refractivity (Wildman–Crippen MR) is 77.5 cm³/mol. The fourth-order valence-electron chi connectivity index (χ4n) is 3.00. The number of carbonyl (C=O) groups excluding carboxylic acids is 1. The minimum atomic E-state index is -0.756. The first-order chi connectivity index (χ1) is 9.60. The molecular weight excluding hydrogens is 276 g/mol. The lowest BCUT2D eigenvalue weighted by Crippen LogP contribution is -2.58. The third-order valence-electron chi connectivity index (χ3n) is 4.31. The predicted octanol–water partition coefficient (Wildman–Crippen LogP) is 1.73. The van der Waals surface area contributed by atoms with Crippen LogP contribution in [-0.4, -0.2) is 36.1 Å². The van der Waals surface area contributed by atoms with Crippen LogP contribution in [0.1, 0.15) is 24.0 Å². The van der Waals surface area contributed by atoms with Gasteiger partial charge in [-0.1, -0.05) is 23.7 Å². The highest BCUT2D eigenvalue weighted by Crippen LogP contribution is 2.28. The molecule has 3 rings (SSSR count). The Balaban J connectivity index is 1.78. The topological polar surface area (TPSA) is 55.6 Å². The summed E-state index contributed by atoms with van der Waals surface area (Å²) in [7, 11) is 0. The van der Waals surface area contributed by atoms with Gasteiger partial charge < -0.3 is 15.4 Å². The van der Waals surface area contributed by atoms with Gasteiger partial charge in [0.2, 0.25) is 5.91 Å². The van der Waals surface area contributed by atoms with Crippen LogP contribution in [0, 0.1) is 0 Å². The Bertz CT molecular complexity index is 527. The second kappa shape index (κ2) is 5.35. The average molecular weight is 295 g/mol. The van der Waals surface area contributed by atoms with Crippen LogP contribution in [0.3, 0.4) is 0 Å². The van der Waals surface area contributed by atoms with E-state index in [9.17, 15) is 4.79 Å². The summed E-state index contributed by atoms with van der Waals surface area (Å²) in [5.74, 6) is 0.0476. The van der Waals surface area contributed by atoms with E-state index >= 15 is 0 Å². The lowest BCUT2D eigenvalue weighted by molar-refractivity contribution is -0.141. The standard InChI is InChI=1S/C15H19ClN2O2/c16-13-3-1-2-11-10-18(7-4-12(11)13)14(19)15(17)5-8-20-9-6-15/h1-3H,4-10,17H2. The van der Waals surface area contributed by atoms with Crippen LogP contribution < -0.4 is 5.73 Å². The van der Waals surface area contributed by atoms with Crippen molar-refractivity contribution in [2.75, 3.05) is 19.8 Å². The Labute approximate surface area is 123 Å². The number of nitrogens with zero attached hydrogens (tertiary/aromatic N) is 1. The third-order valence-corrected chi connectivity index (χ3v) is 4.66. The minimum absolute atomic E-state index is 0.0476. The summed E-state index contributed by atoms with van der Waals surface area (Å²) in [6, 6.07) is 5.87. The molecule has 0 radical (unpaired) electrons. The number of nitrogens with two attached hydrogens (primary N) is 1. The molecular formula is C15H19ClN2O2. The number of halogens is 1. The third kappa shape index (κ3) is 2.43. The number of rotatable bonds is 1. The maximum absolute atomic E-state index is 12.7. The molecule has 5 heteroatoms. The first-order valence-corrected chi connectivity index (χ1v) is 7.40. The molecule has 1 saturated heterocycles. The summed E-state index contributed by atoms with van der Waals surface area (Å²) in [5, 5.41) is 0.795. The Hall–Kier alpha value is -1.10. The number of fused-ring (bicyclic) bond motifs is 1. The summed E-state index contributed by atoms with van der Waals surface area (Å²) in [6.07, 6.45) is 2.00. The Kier molecular flexibility index (Phi) is 3.71. The van der Waals surface area contributed by atoms with Crippen molar-refractivity contribution in [2.24, 2.45) is 5.73 Å². The summed E-state index contributed by atoms with van der Waals surface area (Å²) in [5.41, 5.74) is 7.83. The Morgan fingerprint density at radius 3 is 2.85 bits per heavy atom. The smallest absolute Gasteiger partial charge is 0.243 e. The maximum Gasteiger partial charge on any atom is 0.243 e. The molecule has 0 bridgehead atoms. The van der Waals surface area contributed by atoms with Crippen LogP contribution in [0.25, 0.3) is 0 Å². The fraction of sp³-hybridized carbons (Fsp3) is 0.533. The van der Waals surface area contributed by atoms with E-state index in [-0.39, 0.29) is 5.91 Å². The molecule has 0 unspecified atom stereocenters. The van der Waals surface area contributed by atoms with Gasteiger partial charge in [-0.15, -0.1) is 0 Å². The van der Waals surface area contributed by atoms with Gasteiger partial charge >= 0.3 is 0 Å². The zero-order chi connectivity index (χ0) is 14.2. The Morgan fingerprint density at radius 1 is 1.35 bits per heavy atom. The molecule has 0 atom stereocenters. The van der Waals surface area contributed by atoms with Crippen molar-refractivity contribution >= 4 is 17.5 Å². The highest BCUT2D eigenvalue weighted by atomic mass is 35.5. The molecule has 2 aliphatic heterocycles. The van der Waals surface area contributed by atoms with E-state index in [0.29, 0.717) is 39.1 Å². The van der Waals surface area contributed by atoms with Gasteiger partial charge in [0.15, 0.2) is 0 Å². The minimum Gasteiger partial charge on any atom is -0.381 e. The van der Waals surface area contributed by atoms with Crippen LogP contribution in [0.15, 0.2) is 18.2 Å². The number of benzene rings is 1. The van der Waals surface area contributed by atoms with Crippen molar-refractivity contribution in [3.63, 3.8) is 0 Å². The van der Waals surface area contributed by atoms with Crippen molar-refractivity contribution in [2.45, 2.75) is 31.3 Å². The van der Waals surface area contributed by atoms with Crippen molar-refractivity contribution in [1.29, 1.82) is 0 Å². The molecule has 2 aliphatic rings. The quantitative estimate of drug-likeness (QED) is 0.858. The number of carbonyl (C=O) groups is 1. The molecule has 0 aromatic heterocycles. The zero-order valence-corrected chi connectivity index (χ0v) is 12.2. The van der Waals surface area contributed by atoms with E-state index < -0.39 is 5.54 Å². The van der Waals surface area contributed by atoms with Gasteiger partial charge in [-0.25, -0.2) is 0 Å². The molecule has 0 spiro atoms. The SMILES string of the molecule is NC1(C(=O)N2CCc3c(Cl)cccc3C2)CCOCC1. The summed E-state index contributed by atoms with van der Waals surface area (Å²) < 4.78 is 5.31. The lowest BCUT2D eigenvalue weighted by atomic mass is 9.88. The lowest BCUT2D eigenvalue weighted by Gasteiger charge is -2.38. The van der Waals surface area contributed by atoms with Crippen LogP contribution in [-0.2, 0) is 22.5 Å². The second-order valence-electron chi connectivity index (χ2n) is 5.62. The largest absolute Gasteiger partial charge is 0.381 e. The number of ether oxygens (including phenoxy) is 1. The van der Waals surface area contributed by atoms with Crippen LogP contribution in [0.4, 0.5) is 0 Å². The molecule has 0 saturated carbocycles. The Morgan fingerprint density at radius 2 is 2.10 bits per heavy atom. The van der Waals surface area contributed by atoms with Gasteiger partial charge in [0, 0.05) is 31.3 Å². The summed E-state index contributed by atoms with van der Waals surface area (Å²) >= 11 is 6.20. The molecule has 1 aromatic carbocycles. The van der Waals surface area contributed by atoms with Gasteiger partial charge in [-0.3, -0.25) is 4.79 Å². The first kappa shape index (κ1) is 13.9. The number of amides is 1. The number of hydrogen-bond donors (Lipinski definition) is 1. The van der Waals surface area contributed by atoms with E-state index in [2.05, 4.69) is 0 Å². The zero-order valence-electron chi connectivity index (χ0n) is 11.4. The molecule has 0 aliphatic carbocycles. The van der Waals surface area contributed by atoms with Gasteiger partial charge in [0.05, 0.1) is 5.54 Å². The molecule has 20 heavy (non-hydrogen) atoms. The van der Waals surface area contributed by atoms with Crippen molar-refractivity contribution in [3.05, 3.63) is 34.3 Å². The molecule has 4 nitrogen and oxygen atoms in total. The van der Waals surface area contributed by atoms with E-state index in [4.69, 9.17) is 22.1 Å². The second-order valence-corrected chi connectivity index (χ2v) is 6.03. The molecule has 1 fully saturated rings. The van der Waals surface area contributed by atoms with Gasteiger partial charge in [0.25, 0.3) is 0 Å². The van der Waals surface area contributed by atoms with E-state index in [1.807, 2.05) is 23.1 Å². The fourth-order valence-corrected chi connectivity index (χ4v) is 3.29. The van der Waals surface area contributed by atoms with Gasteiger partial charge in [-0.05, 0) is 36.5 Å². The van der Waals surface area contributed by atoms with Crippen LogP contribution in [0.2, 0.25) is 5.02 Å².